The largest absolute Gasteiger partial charge is 0.417 e. The first-order chi connectivity index (χ1) is 9.32. The zero-order valence-corrected chi connectivity index (χ0v) is 9.96. The molecule has 4 nitrogen and oxygen atoms in total. The van der Waals surface area contributed by atoms with Crippen LogP contribution in [0.2, 0.25) is 0 Å². The van der Waals surface area contributed by atoms with Crippen molar-refractivity contribution in [2.24, 2.45) is 5.73 Å². The summed E-state index contributed by atoms with van der Waals surface area (Å²) in [5.74, 6) is -1.22. The summed E-state index contributed by atoms with van der Waals surface area (Å²) >= 11 is 0. The maximum Gasteiger partial charge on any atom is 0.417 e. The summed E-state index contributed by atoms with van der Waals surface area (Å²) in [6.45, 7) is -0.0993. The molecule has 0 aliphatic carbocycles. The zero-order valence-electron chi connectivity index (χ0n) is 9.96. The Hall–Kier alpha value is -2.22. The van der Waals surface area contributed by atoms with Crippen LogP contribution in [0.1, 0.15) is 11.1 Å². The predicted octanol–water partition coefficient (Wildman–Crippen LogP) is 2.05. The molecular formula is C12H9F4N3O. The van der Waals surface area contributed by atoms with Crippen molar-refractivity contribution in [1.82, 2.24) is 9.97 Å². The fourth-order valence-electron chi connectivity index (χ4n) is 1.66. The maximum atomic E-state index is 13.2. The van der Waals surface area contributed by atoms with E-state index in [0.29, 0.717) is 18.2 Å². The van der Waals surface area contributed by atoms with E-state index in [2.05, 4.69) is 9.97 Å². The van der Waals surface area contributed by atoms with E-state index in [4.69, 9.17) is 5.73 Å². The number of hydrogen-bond donors (Lipinski definition) is 2. The summed E-state index contributed by atoms with van der Waals surface area (Å²) in [6.07, 6.45) is -3.62. The number of nitrogens with two attached hydrogens (primary N) is 1. The van der Waals surface area contributed by atoms with E-state index in [1.54, 1.807) is 0 Å². The molecule has 1 aromatic heterocycles. The van der Waals surface area contributed by atoms with Gasteiger partial charge in [-0.1, -0.05) is 0 Å². The minimum absolute atomic E-state index is 0.0993. The molecule has 0 spiro atoms. The van der Waals surface area contributed by atoms with E-state index in [1.807, 2.05) is 0 Å². The van der Waals surface area contributed by atoms with Crippen LogP contribution in [0.5, 0.6) is 0 Å². The van der Waals surface area contributed by atoms with E-state index >= 15 is 0 Å². The van der Waals surface area contributed by atoms with E-state index in [9.17, 15) is 22.4 Å². The highest BCUT2D eigenvalue weighted by molar-refractivity contribution is 5.61. The van der Waals surface area contributed by atoms with Gasteiger partial charge in [0, 0.05) is 23.9 Å². The summed E-state index contributed by atoms with van der Waals surface area (Å²) in [5.41, 5.74) is 3.12. The van der Waals surface area contributed by atoms with Gasteiger partial charge in [0.25, 0.3) is 5.56 Å². The minimum atomic E-state index is -4.69. The number of alkyl halides is 3. The van der Waals surface area contributed by atoms with E-state index in [-0.39, 0.29) is 17.9 Å². The Labute approximate surface area is 110 Å². The predicted molar refractivity (Wildman–Crippen MR) is 63.1 cm³/mol. The third-order valence-corrected chi connectivity index (χ3v) is 2.64. The van der Waals surface area contributed by atoms with Crippen molar-refractivity contribution >= 4 is 0 Å². The number of benzene rings is 1. The van der Waals surface area contributed by atoms with E-state index < -0.39 is 28.7 Å². The van der Waals surface area contributed by atoms with Crippen LogP contribution < -0.4 is 11.3 Å². The lowest BCUT2D eigenvalue weighted by Crippen LogP contribution is -2.18. The van der Waals surface area contributed by atoms with Gasteiger partial charge < -0.3 is 10.7 Å². The van der Waals surface area contributed by atoms with Crippen LogP contribution >= 0.6 is 0 Å². The third-order valence-electron chi connectivity index (χ3n) is 2.64. The van der Waals surface area contributed by atoms with Gasteiger partial charge in [-0.15, -0.1) is 0 Å². The van der Waals surface area contributed by atoms with Crippen LogP contribution in [-0.2, 0) is 12.7 Å². The molecule has 1 heterocycles. The molecule has 0 saturated heterocycles. The van der Waals surface area contributed by atoms with Gasteiger partial charge >= 0.3 is 6.18 Å². The first-order valence-electron chi connectivity index (χ1n) is 5.48. The summed E-state index contributed by atoms with van der Waals surface area (Å²) in [4.78, 5) is 17.4. The molecule has 2 rings (SSSR count). The van der Waals surface area contributed by atoms with Gasteiger partial charge in [0.15, 0.2) is 0 Å². The standard InChI is InChI=1S/C12H9F4N3O/c13-7-1-2-9(12(14,15)16)8(3-7)10-18-5-6(4-17)11(20)19-10/h1-3,5H,4,17H2,(H,18,19,20). The molecule has 3 N–H and O–H groups in total. The van der Waals surface area contributed by atoms with Gasteiger partial charge in [-0.25, -0.2) is 9.37 Å². The molecule has 0 amide bonds. The normalized spacial score (nSPS) is 11.7. The molecule has 106 valence electrons. The second kappa shape index (κ2) is 5.04. The number of nitrogens with zero attached hydrogens (tertiary/aromatic N) is 1. The van der Waals surface area contributed by atoms with Gasteiger partial charge in [-0.2, -0.15) is 13.2 Å². The van der Waals surface area contributed by atoms with Crippen LogP contribution in [0.15, 0.2) is 29.2 Å². The molecule has 0 atom stereocenters. The Morgan fingerprint density at radius 2 is 2.00 bits per heavy atom. The zero-order chi connectivity index (χ0) is 14.9. The Bertz CT molecular complexity index is 694. The average molecular weight is 287 g/mol. The molecule has 1 aromatic carbocycles. The smallest absolute Gasteiger partial charge is 0.326 e. The third kappa shape index (κ3) is 2.69. The molecule has 0 unspecified atom stereocenters. The van der Waals surface area contributed by atoms with E-state index in [0.717, 1.165) is 6.20 Å². The van der Waals surface area contributed by atoms with E-state index in [1.165, 1.54) is 0 Å². The molecule has 0 aliphatic heterocycles. The monoisotopic (exact) mass is 287 g/mol. The van der Waals surface area contributed by atoms with Crippen molar-refractivity contribution in [3.05, 3.63) is 51.7 Å². The minimum Gasteiger partial charge on any atom is -0.326 e. The quantitative estimate of drug-likeness (QED) is 0.830. The van der Waals surface area contributed by atoms with Crippen molar-refractivity contribution in [2.75, 3.05) is 0 Å². The lowest BCUT2D eigenvalue weighted by atomic mass is 10.1. The summed E-state index contributed by atoms with van der Waals surface area (Å²) < 4.78 is 51.7. The number of aromatic amines is 1. The van der Waals surface area contributed by atoms with Gasteiger partial charge in [0.1, 0.15) is 11.6 Å². The van der Waals surface area contributed by atoms with Gasteiger partial charge in [-0.3, -0.25) is 4.79 Å². The average Bonchev–Trinajstić information content (AvgIpc) is 2.37. The van der Waals surface area contributed by atoms with Crippen molar-refractivity contribution in [1.29, 1.82) is 0 Å². The topological polar surface area (TPSA) is 71.8 Å². The molecule has 0 fully saturated rings. The molecule has 0 saturated carbocycles. The Morgan fingerprint density at radius 1 is 1.30 bits per heavy atom. The number of nitrogens with one attached hydrogen (secondary N) is 1. The number of aromatic nitrogens is 2. The number of halogens is 4. The Morgan fingerprint density at radius 3 is 2.55 bits per heavy atom. The maximum absolute atomic E-state index is 13.2. The number of rotatable bonds is 2. The highest BCUT2D eigenvalue weighted by atomic mass is 19.4. The fourth-order valence-corrected chi connectivity index (χ4v) is 1.66. The van der Waals surface area contributed by atoms with Crippen LogP contribution in [0, 0.1) is 5.82 Å². The van der Waals surface area contributed by atoms with Crippen molar-refractivity contribution in [3.63, 3.8) is 0 Å². The lowest BCUT2D eigenvalue weighted by molar-refractivity contribution is -0.137. The van der Waals surface area contributed by atoms with Crippen LogP contribution in [-0.4, -0.2) is 9.97 Å². The summed E-state index contributed by atoms with van der Waals surface area (Å²) in [7, 11) is 0. The second-order valence-electron chi connectivity index (χ2n) is 3.98. The van der Waals surface area contributed by atoms with Gasteiger partial charge in [-0.05, 0) is 18.2 Å². The number of hydrogen-bond acceptors (Lipinski definition) is 3. The molecule has 20 heavy (non-hydrogen) atoms. The lowest BCUT2D eigenvalue weighted by Gasteiger charge is -2.12. The van der Waals surface area contributed by atoms with Crippen molar-refractivity contribution < 1.29 is 17.6 Å². The molecule has 0 aliphatic rings. The van der Waals surface area contributed by atoms with Crippen molar-refractivity contribution in [2.45, 2.75) is 12.7 Å². The summed E-state index contributed by atoms with van der Waals surface area (Å²) in [6, 6.07) is 1.96. The first kappa shape index (κ1) is 14.2. The van der Waals surface area contributed by atoms with Crippen molar-refractivity contribution in [3.8, 4) is 11.4 Å². The van der Waals surface area contributed by atoms with Gasteiger partial charge in [0.2, 0.25) is 0 Å². The highest BCUT2D eigenvalue weighted by Gasteiger charge is 2.34. The van der Waals surface area contributed by atoms with Crippen LogP contribution in [0.3, 0.4) is 0 Å². The Kier molecular flexibility index (Phi) is 3.58. The second-order valence-corrected chi connectivity index (χ2v) is 3.98. The number of H-pyrrole nitrogens is 1. The molecule has 0 bridgehead atoms. The SMILES string of the molecule is NCc1cnc(-c2cc(F)ccc2C(F)(F)F)[nH]c1=O. The first-order valence-corrected chi connectivity index (χ1v) is 5.48. The van der Waals surface area contributed by atoms with Gasteiger partial charge in [0.05, 0.1) is 5.56 Å². The van der Waals surface area contributed by atoms with Crippen LogP contribution in [0.4, 0.5) is 17.6 Å². The summed E-state index contributed by atoms with van der Waals surface area (Å²) in [5, 5.41) is 0. The molecule has 8 heteroatoms. The molecule has 2 aromatic rings. The Balaban J connectivity index is 2.66. The molecular weight excluding hydrogens is 278 g/mol. The fraction of sp³-hybridized carbons (Fsp3) is 0.167. The highest BCUT2D eigenvalue weighted by Crippen LogP contribution is 2.35. The molecule has 0 radical (unpaired) electrons. The van der Waals surface area contributed by atoms with Crippen LogP contribution in [0.25, 0.3) is 11.4 Å².